The van der Waals surface area contributed by atoms with Crippen LogP contribution < -0.4 is 4.72 Å². The van der Waals surface area contributed by atoms with Crippen molar-refractivity contribution >= 4 is 10.0 Å². The first-order chi connectivity index (χ1) is 8.69. The topological polar surface area (TPSA) is 66.4 Å². The largest absolute Gasteiger partial charge is 0.389 e. The fraction of sp³-hybridized carbons (Fsp3) is 0.571. The molecular formula is C14H23NO3S. The molecule has 1 rings (SSSR count). The third-order valence-corrected chi connectivity index (χ3v) is 4.88. The van der Waals surface area contributed by atoms with Gasteiger partial charge >= 0.3 is 0 Å². The van der Waals surface area contributed by atoms with Gasteiger partial charge in [-0.2, -0.15) is 0 Å². The Labute approximate surface area is 115 Å². The van der Waals surface area contributed by atoms with Crippen molar-refractivity contribution in [1.82, 2.24) is 4.72 Å². The molecule has 0 aliphatic heterocycles. The van der Waals surface area contributed by atoms with Crippen LogP contribution in [0.15, 0.2) is 29.2 Å². The highest BCUT2D eigenvalue weighted by Gasteiger charge is 2.27. The van der Waals surface area contributed by atoms with Crippen molar-refractivity contribution in [3.05, 3.63) is 29.8 Å². The number of rotatable bonds is 6. The van der Waals surface area contributed by atoms with E-state index >= 15 is 0 Å². The first kappa shape index (κ1) is 16.1. The lowest BCUT2D eigenvalue weighted by Crippen LogP contribution is -2.44. The molecule has 2 N–H and O–H groups in total. The molecule has 4 nitrogen and oxygen atoms in total. The van der Waals surface area contributed by atoms with E-state index in [9.17, 15) is 13.5 Å². The molecule has 0 spiro atoms. The van der Waals surface area contributed by atoms with Gasteiger partial charge in [0.15, 0.2) is 0 Å². The molecule has 0 aromatic heterocycles. The quantitative estimate of drug-likeness (QED) is 0.839. The second-order valence-corrected chi connectivity index (χ2v) is 7.10. The molecule has 0 saturated heterocycles. The molecule has 1 aromatic rings. The van der Waals surface area contributed by atoms with E-state index in [2.05, 4.69) is 4.72 Å². The van der Waals surface area contributed by atoms with Crippen LogP contribution in [0.5, 0.6) is 0 Å². The minimum absolute atomic E-state index is 0.00333. The van der Waals surface area contributed by atoms with Crippen LogP contribution in [-0.4, -0.2) is 25.7 Å². The van der Waals surface area contributed by atoms with Crippen LogP contribution in [0.25, 0.3) is 0 Å². The number of nitrogens with one attached hydrogen (secondary N) is 1. The van der Waals surface area contributed by atoms with Gasteiger partial charge in [0.05, 0.1) is 10.5 Å². The first-order valence-electron chi connectivity index (χ1n) is 6.50. The predicted octanol–water partition coefficient (Wildman–Crippen LogP) is 1.93. The second kappa shape index (κ2) is 6.03. The van der Waals surface area contributed by atoms with Crippen molar-refractivity contribution in [3.8, 4) is 0 Å². The number of sulfonamides is 1. The summed E-state index contributed by atoms with van der Waals surface area (Å²) in [6, 6.07) is 6.84. The predicted molar refractivity (Wildman–Crippen MR) is 76.5 cm³/mol. The van der Waals surface area contributed by atoms with Gasteiger partial charge in [0.1, 0.15) is 0 Å². The van der Waals surface area contributed by atoms with Gasteiger partial charge in [0, 0.05) is 6.54 Å². The fourth-order valence-electron chi connectivity index (χ4n) is 1.46. The lowest BCUT2D eigenvalue weighted by Gasteiger charge is -2.27. The molecule has 19 heavy (non-hydrogen) atoms. The summed E-state index contributed by atoms with van der Waals surface area (Å²) in [5.74, 6) is -0.0304. The van der Waals surface area contributed by atoms with Gasteiger partial charge in [-0.25, -0.2) is 13.1 Å². The van der Waals surface area contributed by atoms with Crippen molar-refractivity contribution in [2.45, 2.75) is 44.6 Å². The number of hydrogen-bond donors (Lipinski definition) is 2. The molecule has 0 aliphatic rings. The average Bonchev–Trinajstić information content (AvgIpc) is 2.36. The zero-order valence-electron chi connectivity index (χ0n) is 12.0. The Hall–Kier alpha value is -0.910. The average molecular weight is 285 g/mol. The van der Waals surface area contributed by atoms with Crippen molar-refractivity contribution in [3.63, 3.8) is 0 Å². The summed E-state index contributed by atoms with van der Waals surface area (Å²) in [6.07, 6.45) is 0.785. The Morgan fingerprint density at radius 3 is 2.53 bits per heavy atom. The van der Waals surface area contributed by atoms with Crippen molar-refractivity contribution in [2.75, 3.05) is 6.54 Å². The Bertz CT molecular complexity index is 521. The minimum atomic E-state index is -3.57. The third-order valence-electron chi connectivity index (χ3n) is 3.48. The smallest absolute Gasteiger partial charge is 0.240 e. The van der Waals surface area contributed by atoms with E-state index < -0.39 is 15.6 Å². The van der Waals surface area contributed by atoms with E-state index in [1.807, 2.05) is 26.8 Å². The van der Waals surface area contributed by atoms with Crippen LogP contribution in [0, 0.1) is 5.92 Å². The summed E-state index contributed by atoms with van der Waals surface area (Å²) in [5.41, 5.74) is -0.0893. The molecule has 0 radical (unpaired) electrons. The van der Waals surface area contributed by atoms with E-state index in [-0.39, 0.29) is 17.4 Å². The Morgan fingerprint density at radius 1 is 1.37 bits per heavy atom. The highest BCUT2D eigenvalue weighted by molar-refractivity contribution is 7.89. The molecule has 0 saturated carbocycles. The lowest BCUT2D eigenvalue weighted by molar-refractivity contribution is 0.0190. The van der Waals surface area contributed by atoms with E-state index in [1.54, 1.807) is 25.1 Å². The van der Waals surface area contributed by atoms with Gasteiger partial charge < -0.3 is 5.11 Å². The Morgan fingerprint density at radius 2 is 2.00 bits per heavy atom. The van der Waals surface area contributed by atoms with Gasteiger partial charge in [0.2, 0.25) is 10.0 Å². The molecule has 1 unspecified atom stereocenters. The van der Waals surface area contributed by atoms with E-state index in [0.717, 1.165) is 12.0 Å². The zero-order chi connectivity index (χ0) is 14.7. The summed E-state index contributed by atoms with van der Waals surface area (Å²) in [6.45, 7) is 7.31. The van der Waals surface area contributed by atoms with Crippen LogP contribution in [-0.2, 0) is 16.4 Å². The minimum Gasteiger partial charge on any atom is -0.389 e. The van der Waals surface area contributed by atoms with Gasteiger partial charge in [-0.05, 0) is 37.0 Å². The molecule has 5 heteroatoms. The SMILES string of the molecule is CCc1cccc(S(=O)(=O)NCC(C)(O)C(C)C)c1. The number of aryl methyl sites for hydroxylation is 1. The first-order valence-corrected chi connectivity index (χ1v) is 7.98. The summed E-state index contributed by atoms with van der Waals surface area (Å²) < 4.78 is 26.8. The monoisotopic (exact) mass is 285 g/mol. The van der Waals surface area contributed by atoms with Crippen LogP contribution >= 0.6 is 0 Å². The van der Waals surface area contributed by atoms with Gasteiger partial charge in [0.25, 0.3) is 0 Å². The van der Waals surface area contributed by atoms with E-state index in [1.165, 1.54) is 0 Å². The lowest BCUT2D eigenvalue weighted by atomic mass is 9.93. The molecule has 1 atom stereocenters. The number of aliphatic hydroxyl groups is 1. The number of benzene rings is 1. The highest BCUT2D eigenvalue weighted by Crippen LogP contribution is 2.17. The van der Waals surface area contributed by atoms with Crippen LogP contribution in [0.1, 0.15) is 33.3 Å². The summed E-state index contributed by atoms with van der Waals surface area (Å²) in [5, 5.41) is 10.1. The van der Waals surface area contributed by atoms with Gasteiger partial charge in [-0.1, -0.05) is 32.9 Å². The zero-order valence-corrected chi connectivity index (χ0v) is 12.8. The van der Waals surface area contributed by atoms with Gasteiger partial charge in [-0.3, -0.25) is 0 Å². The summed E-state index contributed by atoms with van der Waals surface area (Å²) in [4.78, 5) is 0.242. The molecule has 0 heterocycles. The van der Waals surface area contributed by atoms with Crippen LogP contribution in [0.4, 0.5) is 0 Å². The van der Waals surface area contributed by atoms with E-state index in [4.69, 9.17) is 0 Å². The van der Waals surface area contributed by atoms with Crippen LogP contribution in [0.2, 0.25) is 0 Å². The molecular weight excluding hydrogens is 262 g/mol. The molecule has 1 aromatic carbocycles. The van der Waals surface area contributed by atoms with Crippen molar-refractivity contribution < 1.29 is 13.5 Å². The maximum atomic E-state index is 12.1. The molecule has 0 aliphatic carbocycles. The number of hydrogen-bond acceptors (Lipinski definition) is 3. The van der Waals surface area contributed by atoms with Crippen molar-refractivity contribution in [2.24, 2.45) is 5.92 Å². The normalized spacial score (nSPS) is 15.5. The fourth-order valence-corrected chi connectivity index (χ4v) is 2.67. The maximum absolute atomic E-state index is 12.1. The van der Waals surface area contributed by atoms with Gasteiger partial charge in [-0.15, -0.1) is 0 Å². The Balaban J connectivity index is 2.87. The summed E-state index contributed by atoms with van der Waals surface area (Å²) >= 11 is 0. The van der Waals surface area contributed by atoms with Crippen molar-refractivity contribution in [1.29, 1.82) is 0 Å². The summed E-state index contributed by atoms with van der Waals surface area (Å²) in [7, 11) is -3.57. The second-order valence-electron chi connectivity index (χ2n) is 5.34. The highest BCUT2D eigenvalue weighted by atomic mass is 32.2. The maximum Gasteiger partial charge on any atom is 0.240 e. The molecule has 0 fully saturated rings. The van der Waals surface area contributed by atoms with E-state index in [0.29, 0.717) is 0 Å². The molecule has 108 valence electrons. The molecule has 0 amide bonds. The third kappa shape index (κ3) is 4.30. The standard InChI is InChI=1S/C14H23NO3S/c1-5-12-7-6-8-13(9-12)19(17,18)15-10-14(4,16)11(2)3/h6-9,11,15-16H,5,10H2,1-4H3. The molecule has 0 bridgehead atoms. The Kier molecular flexibility index (Phi) is 5.12. The van der Waals surface area contributed by atoms with Crippen LogP contribution in [0.3, 0.4) is 0 Å².